The summed E-state index contributed by atoms with van der Waals surface area (Å²) in [5, 5.41) is 1.10. The molecule has 0 saturated carbocycles. The van der Waals surface area contributed by atoms with Crippen LogP contribution in [0.1, 0.15) is 57.3 Å². The summed E-state index contributed by atoms with van der Waals surface area (Å²) in [4.78, 5) is 31.1. The number of thioether (sulfide) groups is 1. The third-order valence-corrected chi connectivity index (χ3v) is 9.96. The Bertz CT molecular complexity index is 1390. The fraction of sp³-hybridized carbons (Fsp3) is 0.469. The van der Waals surface area contributed by atoms with Crippen molar-refractivity contribution in [2.24, 2.45) is 0 Å². The van der Waals surface area contributed by atoms with Gasteiger partial charge >= 0.3 is 0 Å². The fourth-order valence-corrected chi connectivity index (χ4v) is 7.35. The van der Waals surface area contributed by atoms with Gasteiger partial charge in [-0.15, -0.1) is 11.8 Å². The second kappa shape index (κ2) is 13.3. The van der Waals surface area contributed by atoms with Crippen molar-refractivity contribution in [2.75, 3.05) is 57.0 Å². The highest BCUT2D eigenvalue weighted by molar-refractivity contribution is 7.99. The van der Waals surface area contributed by atoms with Gasteiger partial charge in [-0.05, 0) is 82.2 Å². The van der Waals surface area contributed by atoms with Crippen molar-refractivity contribution in [2.45, 2.75) is 50.8 Å². The third kappa shape index (κ3) is 7.37. The molecule has 0 aliphatic carbocycles. The molecule has 1 aromatic heterocycles. The lowest BCUT2D eigenvalue weighted by Crippen LogP contribution is -2.47. The van der Waals surface area contributed by atoms with Crippen molar-refractivity contribution in [3.63, 3.8) is 0 Å². The molecule has 1 amide bonds. The quantitative estimate of drug-likeness (QED) is 0.279. The number of halogens is 2. The second-order valence-corrected chi connectivity index (χ2v) is 13.3. The highest BCUT2D eigenvalue weighted by atomic mass is 35.5. The molecule has 1 atom stereocenters. The van der Waals surface area contributed by atoms with Crippen LogP contribution in [0.2, 0.25) is 10.0 Å². The van der Waals surface area contributed by atoms with Crippen molar-refractivity contribution < 1.29 is 4.79 Å². The van der Waals surface area contributed by atoms with Crippen molar-refractivity contribution in [1.29, 1.82) is 0 Å². The molecule has 218 valence electrons. The van der Waals surface area contributed by atoms with Crippen LogP contribution in [0, 0.1) is 20.8 Å². The number of benzene rings is 2. The molecule has 41 heavy (non-hydrogen) atoms. The van der Waals surface area contributed by atoms with Gasteiger partial charge < -0.3 is 9.80 Å². The zero-order valence-electron chi connectivity index (χ0n) is 24.4. The van der Waals surface area contributed by atoms with E-state index in [1.54, 1.807) is 0 Å². The summed E-state index contributed by atoms with van der Waals surface area (Å²) in [6, 6.07) is 11.9. The van der Waals surface area contributed by atoms with Crippen LogP contribution in [0.15, 0.2) is 41.3 Å². The number of hydrogen-bond acceptors (Lipinski definition) is 6. The summed E-state index contributed by atoms with van der Waals surface area (Å²) in [7, 11) is 1.89. The minimum atomic E-state index is 0.0387. The standard InChI is InChI=1S/C32H39Cl2N5OS/c1-21-16-22(2)18-26(17-21)32(40)37(4)20-25(24-7-8-27(33)28(34)19-24)9-10-38-11-13-39(14-12-38)31-30-29(6-5-15-41-30)35-23(3)36-31/h7-8,16-19,25H,5-6,9-15,20H2,1-4H3/t25-/m1/s1. The van der Waals surface area contributed by atoms with Crippen molar-refractivity contribution >= 4 is 46.7 Å². The van der Waals surface area contributed by atoms with E-state index in [0.717, 1.165) is 85.2 Å². The molecule has 0 bridgehead atoms. The van der Waals surface area contributed by atoms with E-state index >= 15 is 0 Å². The van der Waals surface area contributed by atoms with E-state index in [4.69, 9.17) is 33.2 Å². The van der Waals surface area contributed by atoms with E-state index in [1.165, 1.54) is 17.0 Å². The average Bonchev–Trinajstić information content (AvgIpc) is 2.95. The lowest BCUT2D eigenvalue weighted by atomic mass is 9.94. The number of fused-ring (bicyclic) bond motifs is 1. The summed E-state index contributed by atoms with van der Waals surface area (Å²) in [6.07, 6.45) is 3.16. The van der Waals surface area contributed by atoms with Crippen LogP contribution in [0.5, 0.6) is 0 Å². The molecule has 3 heterocycles. The molecule has 6 nitrogen and oxygen atoms in total. The predicted octanol–water partition coefficient (Wildman–Crippen LogP) is 6.82. The molecule has 0 radical (unpaired) electrons. The van der Waals surface area contributed by atoms with Gasteiger partial charge in [0.25, 0.3) is 5.91 Å². The lowest BCUT2D eigenvalue weighted by molar-refractivity contribution is 0.0782. The predicted molar refractivity (Wildman–Crippen MR) is 171 cm³/mol. The molecule has 9 heteroatoms. The van der Waals surface area contributed by atoms with Crippen LogP contribution in [-0.2, 0) is 6.42 Å². The monoisotopic (exact) mass is 611 g/mol. The van der Waals surface area contributed by atoms with Crippen LogP contribution in [-0.4, -0.2) is 77.7 Å². The molecule has 0 spiro atoms. The van der Waals surface area contributed by atoms with Crippen LogP contribution < -0.4 is 4.90 Å². The number of anilines is 1. The van der Waals surface area contributed by atoms with Crippen LogP contribution in [0.25, 0.3) is 0 Å². The molecule has 1 fully saturated rings. The fourth-order valence-electron chi connectivity index (χ4n) is 5.93. The van der Waals surface area contributed by atoms with Crippen molar-refractivity contribution in [1.82, 2.24) is 19.8 Å². The van der Waals surface area contributed by atoms with Gasteiger partial charge in [0, 0.05) is 51.3 Å². The first kappa shape index (κ1) is 30.1. The number of amides is 1. The van der Waals surface area contributed by atoms with Gasteiger partial charge in [0.15, 0.2) is 0 Å². The maximum absolute atomic E-state index is 13.4. The number of carbonyl (C=O) groups is 1. The molecular formula is C32H39Cl2N5OS. The lowest BCUT2D eigenvalue weighted by Gasteiger charge is -2.37. The number of rotatable bonds is 8. The number of likely N-dealkylation sites (N-methyl/N-ethyl adjacent to an activating group) is 1. The van der Waals surface area contributed by atoms with Gasteiger partial charge in [-0.3, -0.25) is 9.69 Å². The topological polar surface area (TPSA) is 52.6 Å². The highest BCUT2D eigenvalue weighted by Crippen LogP contribution is 2.36. The molecule has 2 aromatic carbocycles. The highest BCUT2D eigenvalue weighted by Gasteiger charge is 2.26. The normalized spacial score (nSPS) is 16.4. The zero-order chi connectivity index (χ0) is 29.1. The number of aromatic nitrogens is 2. The minimum absolute atomic E-state index is 0.0387. The van der Waals surface area contributed by atoms with Gasteiger partial charge in [0.2, 0.25) is 0 Å². The molecule has 2 aliphatic heterocycles. The number of carbonyl (C=O) groups excluding carboxylic acids is 1. The SMILES string of the molecule is Cc1cc(C)cc(C(=O)N(C)C[C@@H](CCN2CCN(c3nc(C)nc4c3SCCC4)CC2)c2ccc(Cl)c(Cl)c2)c1. The smallest absolute Gasteiger partial charge is 0.253 e. The number of nitrogens with zero attached hydrogens (tertiary/aromatic N) is 5. The van der Waals surface area contributed by atoms with E-state index in [2.05, 4.69) is 15.9 Å². The maximum Gasteiger partial charge on any atom is 0.253 e. The Kier molecular flexibility index (Phi) is 9.80. The van der Waals surface area contributed by atoms with Crippen molar-refractivity contribution in [3.05, 3.63) is 80.2 Å². The molecule has 0 N–H and O–H groups in total. The Labute approximate surface area is 258 Å². The number of hydrogen-bond donors (Lipinski definition) is 0. The summed E-state index contributed by atoms with van der Waals surface area (Å²) in [6.45, 7) is 11.5. The van der Waals surface area contributed by atoms with Gasteiger partial charge in [0.1, 0.15) is 11.6 Å². The van der Waals surface area contributed by atoms with Crippen LogP contribution in [0.3, 0.4) is 0 Å². The zero-order valence-corrected chi connectivity index (χ0v) is 26.7. The molecule has 1 saturated heterocycles. The van der Waals surface area contributed by atoms with E-state index in [-0.39, 0.29) is 11.8 Å². The van der Waals surface area contributed by atoms with E-state index in [0.29, 0.717) is 16.6 Å². The second-order valence-electron chi connectivity index (χ2n) is 11.4. The number of piperazine rings is 1. The van der Waals surface area contributed by atoms with Gasteiger partial charge in [-0.25, -0.2) is 9.97 Å². The first-order valence-electron chi connectivity index (χ1n) is 14.4. The molecule has 5 rings (SSSR count). The van der Waals surface area contributed by atoms with Crippen molar-refractivity contribution in [3.8, 4) is 0 Å². The Hall–Kier alpha value is -2.32. The molecule has 2 aliphatic rings. The molecular weight excluding hydrogens is 573 g/mol. The van der Waals surface area contributed by atoms with Gasteiger partial charge in [-0.1, -0.05) is 46.5 Å². The molecule has 0 unspecified atom stereocenters. The Balaban J connectivity index is 1.25. The average molecular weight is 613 g/mol. The summed E-state index contributed by atoms with van der Waals surface area (Å²) >= 11 is 14.6. The first-order valence-corrected chi connectivity index (χ1v) is 16.2. The Morgan fingerprint density at radius 2 is 1.73 bits per heavy atom. The maximum atomic E-state index is 13.4. The van der Waals surface area contributed by atoms with Crippen LogP contribution >= 0.6 is 35.0 Å². The largest absolute Gasteiger partial charge is 0.353 e. The summed E-state index contributed by atoms with van der Waals surface area (Å²) in [5.41, 5.74) is 5.25. The van der Waals surface area contributed by atoms with Gasteiger partial charge in [-0.2, -0.15) is 0 Å². The van der Waals surface area contributed by atoms with Gasteiger partial charge in [0.05, 0.1) is 20.6 Å². The molecule has 3 aromatic rings. The summed E-state index contributed by atoms with van der Waals surface area (Å²) < 4.78 is 0. The third-order valence-electron chi connectivity index (χ3n) is 8.02. The minimum Gasteiger partial charge on any atom is -0.353 e. The Morgan fingerprint density at radius 1 is 1.00 bits per heavy atom. The van der Waals surface area contributed by atoms with Crippen LogP contribution in [0.4, 0.5) is 5.82 Å². The first-order chi connectivity index (χ1) is 19.7. The Morgan fingerprint density at radius 3 is 2.44 bits per heavy atom. The van der Waals surface area contributed by atoms with E-state index in [9.17, 15) is 4.79 Å². The summed E-state index contributed by atoms with van der Waals surface area (Å²) in [5.74, 6) is 3.31. The number of aryl methyl sites for hydroxylation is 4. The van der Waals surface area contributed by atoms with E-state index in [1.807, 2.05) is 74.8 Å². The van der Waals surface area contributed by atoms with E-state index < -0.39 is 0 Å².